The summed E-state index contributed by atoms with van der Waals surface area (Å²) in [5, 5.41) is 3.14. The van der Waals surface area contributed by atoms with E-state index in [0.29, 0.717) is 12.5 Å². The molecule has 2 atom stereocenters. The van der Waals surface area contributed by atoms with Crippen molar-refractivity contribution in [3.63, 3.8) is 0 Å². The normalized spacial score (nSPS) is 15.9. The zero-order chi connectivity index (χ0) is 11.7. The fraction of sp³-hybridized carbons (Fsp3) is 0.889. The number of guanidine groups is 1. The van der Waals surface area contributed by atoms with E-state index in [1.807, 2.05) is 6.92 Å². The number of aliphatic imine (C=N–C) groups is 1. The van der Waals surface area contributed by atoms with Crippen molar-refractivity contribution in [1.29, 1.82) is 0 Å². The van der Waals surface area contributed by atoms with Gasteiger partial charge in [0.1, 0.15) is 0 Å². The molecule has 0 amide bonds. The highest BCUT2D eigenvalue weighted by Gasteiger charge is 2.05. The van der Waals surface area contributed by atoms with Gasteiger partial charge in [-0.2, -0.15) is 0 Å². The second-order valence-electron chi connectivity index (χ2n) is 3.42. The molecule has 0 radical (unpaired) electrons. The largest absolute Gasteiger partial charge is 0.355 e. The van der Waals surface area contributed by atoms with Crippen LogP contribution >= 0.6 is 0 Å². The Kier molecular flexibility index (Phi) is 8.31. The molecular formula is C9H22N4OS. The number of nitrogens with zero attached hydrogens (tertiary/aromatic N) is 1. The fourth-order valence-corrected chi connectivity index (χ4v) is 1.15. The number of nitrogens with one attached hydrogen (secondary N) is 2. The third-order valence-electron chi connectivity index (χ3n) is 2.03. The van der Waals surface area contributed by atoms with Gasteiger partial charge in [0.05, 0.1) is 11.8 Å². The van der Waals surface area contributed by atoms with Crippen LogP contribution in [0.4, 0.5) is 0 Å². The molecule has 0 rings (SSSR count). The molecule has 4 N–H and O–H groups in total. The summed E-state index contributed by atoms with van der Waals surface area (Å²) in [5.41, 5.74) is 2.50. The van der Waals surface area contributed by atoms with Crippen LogP contribution in [0.5, 0.6) is 0 Å². The number of unbranched alkanes of at least 4 members (excludes halogenated alkanes) is 1. The van der Waals surface area contributed by atoms with Gasteiger partial charge in [0.25, 0.3) is 0 Å². The lowest BCUT2D eigenvalue weighted by atomic mass is 10.3. The maximum Gasteiger partial charge on any atom is 0.205 e. The molecule has 0 heterocycles. The van der Waals surface area contributed by atoms with Crippen LogP contribution in [0.3, 0.4) is 0 Å². The van der Waals surface area contributed by atoms with Crippen molar-refractivity contribution in [1.82, 2.24) is 10.7 Å². The highest BCUT2D eigenvalue weighted by molar-refractivity contribution is 7.84. The summed E-state index contributed by atoms with van der Waals surface area (Å²) in [6.07, 6.45) is 3.89. The van der Waals surface area contributed by atoms with Gasteiger partial charge in [0.2, 0.25) is 5.96 Å². The minimum Gasteiger partial charge on any atom is -0.355 e. The van der Waals surface area contributed by atoms with E-state index >= 15 is 0 Å². The van der Waals surface area contributed by atoms with E-state index in [-0.39, 0.29) is 5.25 Å². The molecule has 0 aromatic heterocycles. The first-order valence-corrected chi connectivity index (χ1v) is 6.81. The van der Waals surface area contributed by atoms with Crippen molar-refractivity contribution < 1.29 is 4.21 Å². The van der Waals surface area contributed by atoms with Gasteiger partial charge in [-0.05, 0) is 13.3 Å². The lowest BCUT2D eigenvalue weighted by molar-refractivity contribution is 0.676. The van der Waals surface area contributed by atoms with Crippen molar-refractivity contribution in [2.75, 3.05) is 19.3 Å². The Balaban J connectivity index is 3.93. The van der Waals surface area contributed by atoms with E-state index in [1.54, 1.807) is 6.26 Å². The molecular weight excluding hydrogens is 212 g/mol. The van der Waals surface area contributed by atoms with Gasteiger partial charge in [-0.15, -0.1) is 0 Å². The Morgan fingerprint density at radius 1 is 1.60 bits per heavy atom. The quantitative estimate of drug-likeness (QED) is 0.198. The molecule has 0 saturated carbocycles. The van der Waals surface area contributed by atoms with Crippen LogP contribution < -0.4 is 16.6 Å². The SMILES string of the molecule is CCCCNC(=NCC(C)S(C)=O)NN. The van der Waals surface area contributed by atoms with Crippen molar-refractivity contribution >= 4 is 16.8 Å². The van der Waals surface area contributed by atoms with Gasteiger partial charge in [-0.1, -0.05) is 13.3 Å². The monoisotopic (exact) mass is 234 g/mol. The molecule has 0 aliphatic rings. The Morgan fingerprint density at radius 3 is 2.73 bits per heavy atom. The topological polar surface area (TPSA) is 79.5 Å². The average molecular weight is 234 g/mol. The fourth-order valence-electron chi connectivity index (χ4n) is 0.861. The zero-order valence-electron chi connectivity index (χ0n) is 9.75. The summed E-state index contributed by atoms with van der Waals surface area (Å²) < 4.78 is 11.1. The third kappa shape index (κ3) is 7.33. The Labute approximate surface area is 94.3 Å². The van der Waals surface area contributed by atoms with Gasteiger partial charge < -0.3 is 5.32 Å². The second kappa shape index (κ2) is 8.67. The van der Waals surface area contributed by atoms with Crippen molar-refractivity contribution in [2.24, 2.45) is 10.8 Å². The molecule has 0 spiro atoms. The Bertz CT molecular complexity index is 220. The van der Waals surface area contributed by atoms with Crippen LogP contribution in [-0.2, 0) is 10.8 Å². The maximum absolute atomic E-state index is 11.1. The molecule has 0 aromatic carbocycles. The predicted molar refractivity (Wildman–Crippen MR) is 66.1 cm³/mol. The minimum absolute atomic E-state index is 0.0568. The predicted octanol–water partition coefficient (Wildman–Crippen LogP) is -0.0376. The average Bonchev–Trinajstić information content (AvgIpc) is 2.22. The summed E-state index contributed by atoms with van der Waals surface area (Å²) in [4.78, 5) is 4.21. The summed E-state index contributed by atoms with van der Waals surface area (Å²) in [7, 11) is -0.840. The Morgan fingerprint density at radius 2 is 2.27 bits per heavy atom. The first-order valence-electron chi connectivity index (χ1n) is 5.19. The summed E-state index contributed by atoms with van der Waals surface area (Å²) in [6.45, 7) is 5.39. The van der Waals surface area contributed by atoms with Gasteiger partial charge in [-0.25, -0.2) is 5.84 Å². The van der Waals surface area contributed by atoms with Crippen LogP contribution in [0.2, 0.25) is 0 Å². The van der Waals surface area contributed by atoms with Crippen LogP contribution in [0.25, 0.3) is 0 Å². The van der Waals surface area contributed by atoms with Crippen LogP contribution in [-0.4, -0.2) is 34.8 Å². The number of hydrogen-bond donors (Lipinski definition) is 3. The summed E-state index contributed by atoms with van der Waals surface area (Å²) in [5.74, 6) is 5.87. The molecule has 0 aliphatic carbocycles. The van der Waals surface area contributed by atoms with E-state index in [1.165, 1.54) is 0 Å². The molecule has 15 heavy (non-hydrogen) atoms. The maximum atomic E-state index is 11.1. The van der Waals surface area contributed by atoms with Gasteiger partial charge in [0, 0.05) is 23.6 Å². The van der Waals surface area contributed by atoms with Crippen molar-refractivity contribution in [3.8, 4) is 0 Å². The van der Waals surface area contributed by atoms with Gasteiger partial charge in [-0.3, -0.25) is 14.6 Å². The van der Waals surface area contributed by atoms with E-state index in [9.17, 15) is 4.21 Å². The number of nitrogens with two attached hydrogens (primary N) is 1. The van der Waals surface area contributed by atoms with Crippen LogP contribution in [0.15, 0.2) is 4.99 Å². The summed E-state index contributed by atoms with van der Waals surface area (Å²) >= 11 is 0. The first kappa shape index (κ1) is 14.4. The number of hydrazine groups is 1. The zero-order valence-corrected chi connectivity index (χ0v) is 10.6. The first-order chi connectivity index (χ1) is 7.11. The van der Waals surface area contributed by atoms with Gasteiger partial charge in [0.15, 0.2) is 0 Å². The summed E-state index contributed by atoms with van der Waals surface area (Å²) in [6, 6.07) is 0. The Hall–Kier alpha value is -0.620. The second-order valence-corrected chi connectivity index (χ2v) is 5.23. The highest BCUT2D eigenvalue weighted by atomic mass is 32.2. The highest BCUT2D eigenvalue weighted by Crippen LogP contribution is 1.92. The van der Waals surface area contributed by atoms with E-state index in [2.05, 4.69) is 22.7 Å². The van der Waals surface area contributed by atoms with E-state index in [4.69, 9.17) is 5.84 Å². The standard InChI is InChI=1S/C9H22N4OS/c1-4-5-6-11-9(13-10)12-7-8(2)15(3)14/h8H,4-7,10H2,1-3H3,(H2,11,12,13). The smallest absolute Gasteiger partial charge is 0.205 e. The molecule has 90 valence electrons. The van der Waals surface area contributed by atoms with Crippen molar-refractivity contribution in [3.05, 3.63) is 0 Å². The molecule has 5 nitrogen and oxygen atoms in total. The molecule has 0 aromatic rings. The lowest BCUT2D eigenvalue weighted by Gasteiger charge is -2.10. The third-order valence-corrected chi connectivity index (χ3v) is 3.31. The number of hydrogen-bond acceptors (Lipinski definition) is 3. The molecule has 0 saturated heterocycles. The molecule has 0 bridgehead atoms. The minimum atomic E-state index is -0.840. The van der Waals surface area contributed by atoms with Crippen LogP contribution in [0.1, 0.15) is 26.7 Å². The molecule has 0 aliphatic heterocycles. The van der Waals surface area contributed by atoms with E-state index < -0.39 is 10.8 Å². The number of rotatable bonds is 6. The van der Waals surface area contributed by atoms with Gasteiger partial charge >= 0.3 is 0 Å². The lowest BCUT2D eigenvalue weighted by Crippen LogP contribution is -2.42. The molecule has 2 unspecified atom stereocenters. The van der Waals surface area contributed by atoms with Crippen molar-refractivity contribution in [2.45, 2.75) is 31.9 Å². The molecule has 0 fully saturated rings. The molecule has 6 heteroatoms. The van der Waals surface area contributed by atoms with Crippen LogP contribution in [0, 0.1) is 0 Å². The van der Waals surface area contributed by atoms with E-state index in [0.717, 1.165) is 19.4 Å².